The summed E-state index contributed by atoms with van der Waals surface area (Å²) in [6.45, 7) is 0.146. The highest BCUT2D eigenvalue weighted by Gasteiger charge is 2.16. The molecule has 0 radical (unpaired) electrons. The first kappa shape index (κ1) is 20.2. The van der Waals surface area contributed by atoms with Crippen molar-refractivity contribution >= 4 is 33.5 Å². The van der Waals surface area contributed by atoms with Gasteiger partial charge < -0.3 is 18.6 Å². The number of hydrogen-bond donors (Lipinski definition) is 0. The van der Waals surface area contributed by atoms with Gasteiger partial charge in [-0.3, -0.25) is 4.79 Å². The van der Waals surface area contributed by atoms with Gasteiger partial charge in [0.15, 0.2) is 12.4 Å². The standard InChI is InChI=1S/C19H17BrN2O5S/c1-24-14-7-8-17(25-2)15(9-14)16(23)11-28-19-22-21-18(27-19)10-26-13-5-3-12(20)4-6-13/h3-9H,10-11H2,1-2H3. The molecule has 0 bridgehead atoms. The predicted molar refractivity (Wildman–Crippen MR) is 107 cm³/mol. The third-order valence-electron chi connectivity index (χ3n) is 3.66. The van der Waals surface area contributed by atoms with Crippen LogP contribution in [-0.2, 0) is 6.61 Å². The molecule has 2 aromatic carbocycles. The number of aromatic nitrogens is 2. The van der Waals surface area contributed by atoms with Crippen LogP contribution < -0.4 is 14.2 Å². The van der Waals surface area contributed by atoms with Gasteiger partial charge in [0.05, 0.1) is 25.5 Å². The number of benzene rings is 2. The van der Waals surface area contributed by atoms with Crippen LogP contribution in [0.1, 0.15) is 16.2 Å². The number of nitrogens with zero attached hydrogens (tertiary/aromatic N) is 2. The molecule has 3 aromatic rings. The lowest BCUT2D eigenvalue weighted by Crippen LogP contribution is -2.05. The molecule has 1 aromatic heterocycles. The number of hydrogen-bond acceptors (Lipinski definition) is 8. The Hall–Kier alpha value is -2.52. The molecule has 0 spiro atoms. The second-order valence-electron chi connectivity index (χ2n) is 5.48. The van der Waals surface area contributed by atoms with E-state index in [1.54, 1.807) is 25.3 Å². The minimum absolute atomic E-state index is 0.124. The van der Waals surface area contributed by atoms with Crippen molar-refractivity contribution in [1.29, 1.82) is 0 Å². The maximum absolute atomic E-state index is 12.5. The summed E-state index contributed by atoms with van der Waals surface area (Å²) in [4.78, 5) is 12.5. The number of ketones is 1. The first-order valence-electron chi connectivity index (χ1n) is 8.18. The smallest absolute Gasteiger partial charge is 0.277 e. The van der Waals surface area contributed by atoms with Crippen LogP contribution in [0.4, 0.5) is 0 Å². The van der Waals surface area contributed by atoms with Gasteiger partial charge in [0.2, 0.25) is 0 Å². The zero-order chi connectivity index (χ0) is 19.9. The highest BCUT2D eigenvalue weighted by Crippen LogP contribution is 2.27. The largest absolute Gasteiger partial charge is 0.497 e. The SMILES string of the molecule is COc1ccc(OC)c(C(=O)CSc2nnc(COc3ccc(Br)cc3)o2)c1. The number of Topliss-reactive ketones (excluding diaryl/α,β-unsaturated/α-hetero) is 1. The fourth-order valence-corrected chi connectivity index (χ4v) is 3.20. The number of rotatable bonds is 9. The quantitative estimate of drug-likeness (QED) is 0.340. The summed E-state index contributed by atoms with van der Waals surface area (Å²) < 4.78 is 22.5. The van der Waals surface area contributed by atoms with Crippen molar-refractivity contribution in [3.8, 4) is 17.2 Å². The number of ether oxygens (including phenoxy) is 3. The summed E-state index contributed by atoms with van der Waals surface area (Å²) in [6.07, 6.45) is 0. The minimum Gasteiger partial charge on any atom is -0.497 e. The van der Waals surface area contributed by atoms with Crippen LogP contribution in [0, 0.1) is 0 Å². The van der Waals surface area contributed by atoms with E-state index < -0.39 is 0 Å². The third kappa shape index (κ3) is 5.26. The van der Waals surface area contributed by atoms with Crippen LogP contribution in [0.3, 0.4) is 0 Å². The van der Waals surface area contributed by atoms with Crippen molar-refractivity contribution in [2.45, 2.75) is 11.8 Å². The average molecular weight is 465 g/mol. The van der Waals surface area contributed by atoms with E-state index in [9.17, 15) is 4.79 Å². The Morgan fingerprint density at radius 1 is 1.07 bits per heavy atom. The van der Waals surface area contributed by atoms with E-state index in [1.807, 2.05) is 24.3 Å². The normalized spacial score (nSPS) is 10.5. The second-order valence-corrected chi connectivity index (χ2v) is 7.32. The Kier molecular flexibility index (Phi) is 6.94. The summed E-state index contributed by atoms with van der Waals surface area (Å²) >= 11 is 4.52. The van der Waals surface area contributed by atoms with E-state index in [0.29, 0.717) is 33.9 Å². The summed E-state index contributed by atoms with van der Waals surface area (Å²) in [5, 5.41) is 8.16. The molecular formula is C19H17BrN2O5S. The summed E-state index contributed by atoms with van der Waals surface area (Å²) in [7, 11) is 3.06. The summed E-state index contributed by atoms with van der Waals surface area (Å²) in [5.74, 6) is 2.08. The van der Waals surface area contributed by atoms with Crippen molar-refractivity contribution in [2.24, 2.45) is 0 Å². The van der Waals surface area contributed by atoms with E-state index >= 15 is 0 Å². The Labute approximate surface area is 174 Å². The Morgan fingerprint density at radius 2 is 1.82 bits per heavy atom. The van der Waals surface area contributed by atoms with Crippen molar-refractivity contribution in [1.82, 2.24) is 10.2 Å². The lowest BCUT2D eigenvalue weighted by molar-refractivity contribution is 0.101. The van der Waals surface area contributed by atoms with E-state index in [1.165, 1.54) is 7.11 Å². The molecule has 3 rings (SSSR count). The maximum atomic E-state index is 12.5. The van der Waals surface area contributed by atoms with Crippen LogP contribution in [0.5, 0.6) is 17.2 Å². The highest BCUT2D eigenvalue weighted by atomic mass is 79.9. The zero-order valence-electron chi connectivity index (χ0n) is 15.2. The summed E-state index contributed by atoms with van der Waals surface area (Å²) in [6, 6.07) is 12.5. The first-order valence-corrected chi connectivity index (χ1v) is 9.95. The van der Waals surface area contributed by atoms with Crippen LogP contribution in [0.2, 0.25) is 0 Å². The molecule has 7 nitrogen and oxygen atoms in total. The number of carbonyl (C=O) groups is 1. The van der Waals surface area contributed by atoms with Gasteiger partial charge in [-0.15, -0.1) is 10.2 Å². The van der Waals surface area contributed by atoms with Crippen molar-refractivity contribution in [3.63, 3.8) is 0 Å². The highest BCUT2D eigenvalue weighted by molar-refractivity contribution is 9.10. The Morgan fingerprint density at radius 3 is 2.54 bits per heavy atom. The molecule has 0 saturated carbocycles. The molecule has 0 unspecified atom stereocenters. The molecular weight excluding hydrogens is 448 g/mol. The van der Waals surface area contributed by atoms with Crippen LogP contribution in [0.25, 0.3) is 0 Å². The van der Waals surface area contributed by atoms with Gasteiger partial charge in [-0.1, -0.05) is 27.7 Å². The van der Waals surface area contributed by atoms with Gasteiger partial charge >= 0.3 is 0 Å². The van der Waals surface area contributed by atoms with Crippen LogP contribution in [-0.4, -0.2) is 36.0 Å². The zero-order valence-corrected chi connectivity index (χ0v) is 17.6. The first-order chi connectivity index (χ1) is 13.6. The topological polar surface area (TPSA) is 83.7 Å². The Balaban J connectivity index is 1.56. The number of methoxy groups -OCH3 is 2. The molecule has 0 aliphatic carbocycles. The van der Waals surface area contributed by atoms with Gasteiger partial charge in [0.25, 0.3) is 11.1 Å². The number of thioether (sulfide) groups is 1. The predicted octanol–water partition coefficient (Wildman–Crippen LogP) is 4.40. The lowest BCUT2D eigenvalue weighted by atomic mass is 10.1. The molecule has 0 amide bonds. The maximum Gasteiger partial charge on any atom is 0.277 e. The minimum atomic E-state index is -0.133. The van der Waals surface area contributed by atoms with Gasteiger partial charge in [0, 0.05) is 4.47 Å². The molecule has 0 N–H and O–H groups in total. The lowest BCUT2D eigenvalue weighted by Gasteiger charge is -2.08. The number of halogens is 1. The fraction of sp³-hybridized carbons (Fsp3) is 0.211. The van der Waals surface area contributed by atoms with Crippen LogP contribution in [0.15, 0.2) is 56.6 Å². The molecule has 0 fully saturated rings. The van der Waals surface area contributed by atoms with Crippen molar-refractivity contribution < 1.29 is 23.4 Å². The molecule has 146 valence electrons. The molecule has 1 heterocycles. The Bertz CT molecular complexity index is 946. The van der Waals surface area contributed by atoms with E-state index in [0.717, 1.165) is 16.2 Å². The van der Waals surface area contributed by atoms with Gasteiger partial charge in [-0.2, -0.15) is 0 Å². The van der Waals surface area contributed by atoms with Crippen LogP contribution >= 0.6 is 27.7 Å². The fourth-order valence-electron chi connectivity index (χ4n) is 2.27. The van der Waals surface area contributed by atoms with Crippen molar-refractivity contribution in [3.05, 3.63) is 58.4 Å². The van der Waals surface area contributed by atoms with Gasteiger partial charge in [-0.25, -0.2) is 0 Å². The second kappa shape index (κ2) is 9.61. The number of carbonyl (C=O) groups excluding carboxylic acids is 1. The van der Waals surface area contributed by atoms with E-state index in [-0.39, 0.29) is 18.1 Å². The summed E-state index contributed by atoms with van der Waals surface area (Å²) in [5.41, 5.74) is 0.438. The monoisotopic (exact) mass is 464 g/mol. The molecule has 0 aliphatic heterocycles. The third-order valence-corrected chi connectivity index (χ3v) is 5.01. The van der Waals surface area contributed by atoms with Gasteiger partial charge in [0.1, 0.15) is 17.2 Å². The molecule has 9 heteroatoms. The average Bonchev–Trinajstić information content (AvgIpc) is 3.19. The molecule has 28 heavy (non-hydrogen) atoms. The van der Waals surface area contributed by atoms with E-state index in [4.69, 9.17) is 18.6 Å². The van der Waals surface area contributed by atoms with Crippen molar-refractivity contribution in [2.75, 3.05) is 20.0 Å². The van der Waals surface area contributed by atoms with Gasteiger partial charge in [-0.05, 0) is 42.5 Å². The molecule has 0 atom stereocenters. The van der Waals surface area contributed by atoms with E-state index in [2.05, 4.69) is 26.1 Å². The molecule has 0 aliphatic rings. The molecule has 0 saturated heterocycles.